The maximum atomic E-state index is 13.3. The van der Waals surface area contributed by atoms with E-state index in [0.29, 0.717) is 16.9 Å². The van der Waals surface area contributed by atoms with Gasteiger partial charge in [0.15, 0.2) is 0 Å². The summed E-state index contributed by atoms with van der Waals surface area (Å²) < 4.78 is 13.3. The first kappa shape index (κ1) is 13.5. The normalized spacial score (nSPS) is 21.8. The van der Waals surface area contributed by atoms with Crippen molar-refractivity contribution in [3.63, 3.8) is 0 Å². The van der Waals surface area contributed by atoms with Gasteiger partial charge in [0.25, 0.3) is 0 Å². The Bertz CT molecular complexity index is 415. The topological polar surface area (TPSA) is 26.0 Å². The minimum absolute atomic E-state index is 0.0559. The van der Waals surface area contributed by atoms with Gasteiger partial charge in [-0.1, -0.05) is 26.0 Å². The number of halogens is 1. The summed E-state index contributed by atoms with van der Waals surface area (Å²) in [5.41, 5.74) is 8.60. The van der Waals surface area contributed by atoms with Gasteiger partial charge in [-0.3, -0.25) is 0 Å². The van der Waals surface area contributed by atoms with Gasteiger partial charge in [-0.05, 0) is 61.1 Å². The number of benzene rings is 1. The summed E-state index contributed by atoms with van der Waals surface area (Å²) in [6.45, 7) is 6.46. The van der Waals surface area contributed by atoms with Crippen LogP contribution in [0.5, 0.6) is 0 Å². The predicted octanol–water partition coefficient (Wildman–Crippen LogP) is 4.35. The highest BCUT2D eigenvalue weighted by Gasteiger charge is 2.30. The molecule has 1 nitrogen and oxygen atoms in total. The van der Waals surface area contributed by atoms with Crippen LogP contribution in [-0.4, -0.2) is 0 Å². The minimum Gasteiger partial charge on any atom is -0.324 e. The van der Waals surface area contributed by atoms with Crippen LogP contribution in [0.15, 0.2) is 18.2 Å². The van der Waals surface area contributed by atoms with E-state index in [0.717, 1.165) is 5.56 Å². The maximum absolute atomic E-state index is 13.3. The fourth-order valence-electron chi connectivity index (χ4n) is 2.93. The molecule has 2 heteroatoms. The molecule has 0 bridgehead atoms. The Morgan fingerprint density at radius 3 is 2.44 bits per heavy atom. The first-order chi connectivity index (χ1) is 8.39. The van der Waals surface area contributed by atoms with Crippen LogP contribution in [0.2, 0.25) is 0 Å². The summed E-state index contributed by atoms with van der Waals surface area (Å²) in [7, 11) is 0. The maximum Gasteiger partial charge on any atom is 0.126 e. The second-order valence-electron chi connectivity index (χ2n) is 6.54. The third-order valence-electron chi connectivity index (χ3n) is 4.46. The molecule has 0 heterocycles. The van der Waals surface area contributed by atoms with Crippen molar-refractivity contribution in [2.45, 2.75) is 52.5 Å². The molecular formula is C16H24FN. The van der Waals surface area contributed by atoms with Crippen molar-refractivity contribution >= 4 is 0 Å². The molecule has 0 spiro atoms. The standard InChI is InChI=1S/C16H24FN/c1-11-10-13(4-5-14(11)17)15(18)12-6-8-16(2,3)9-7-12/h4-5,10,12,15H,6-9,18H2,1-3H3. The fraction of sp³-hybridized carbons (Fsp3) is 0.625. The van der Waals surface area contributed by atoms with Gasteiger partial charge in [-0.25, -0.2) is 4.39 Å². The van der Waals surface area contributed by atoms with Gasteiger partial charge < -0.3 is 5.73 Å². The van der Waals surface area contributed by atoms with E-state index < -0.39 is 0 Å². The molecule has 18 heavy (non-hydrogen) atoms. The molecule has 0 amide bonds. The molecular weight excluding hydrogens is 225 g/mol. The van der Waals surface area contributed by atoms with Crippen LogP contribution in [0.3, 0.4) is 0 Å². The Morgan fingerprint density at radius 2 is 1.89 bits per heavy atom. The molecule has 1 aromatic carbocycles. The van der Waals surface area contributed by atoms with Crippen molar-refractivity contribution in [1.29, 1.82) is 0 Å². The lowest BCUT2D eigenvalue weighted by atomic mass is 9.70. The summed E-state index contributed by atoms with van der Waals surface area (Å²) in [5.74, 6) is 0.401. The Morgan fingerprint density at radius 1 is 1.28 bits per heavy atom. The molecule has 2 rings (SSSR count). The molecule has 1 saturated carbocycles. The summed E-state index contributed by atoms with van der Waals surface area (Å²) in [5, 5.41) is 0. The molecule has 0 aliphatic heterocycles. The molecule has 1 unspecified atom stereocenters. The summed E-state index contributed by atoms with van der Waals surface area (Å²) >= 11 is 0. The van der Waals surface area contributed by atoms with E-state index in [1.54, 1.807) is 6.92 Å². The van der Waals surface area contributed by atoms with E-state index in [-0.39, 0.29) is 11.9 Å². The first-order valence-electron chi connectivity index (χ1n) is 6.91. The molecule has 1 atom stereocenters. The van der Waals surface area contributed by atoms with Gasteiger partial charge in [-0.15, -0.1) is 0 Å². The average molecular weight is 249 g/mol. The van der Waals surface area contributed by atoms with Crippen molar-refractivity contribution in [2.24, 2.45) is 17.1 Å². The van der Waals surface area contributed by atoms with Crippen LogP contribution >= 0.6 is 0 Å². The SMILES string of the molecule is Cc1cc(C(N)C2CCC(C)(C)CC2)ccc1F. The molecule has 1 aromatic rings. The molecule has 0 radical (unpaired) electrons. The van der Waals surface area contributed by atoms with Gasteiger partial charge in [0.1, 0.15) is 5.82 Å². The van der Waals surface area contributed by atoms with Gasteiger partial charge >= 0.3 is 0 Å². The first-order valence-corrected chi connectivity index (χ1v) is 6.91. The average Bonchev–Trinajstić information content (AvgIpc) is 2.32. The smallest absolute Gasteiger partial charge is 0.126 e. The number of aryl methyl sites for hydroxylation is 1. The highest BCUT2D eigenvalue weighted by atomic mass is 19.1. The van der Waals surface area contributed by atoms with Gasteiger partial charge in [-0.2, -0.15) is 0 Å². The van der Waals surface area contributed by atoms with Crippen molar-refractivity contribution in [3.8, 4) is 0 Å². The second kappa shape index (κ2) is 5.00. The van der Waals surface area contributed by atoms with Crippen molar-refractivity contribution in [3.05, 3.63) is 35.1 Å². The van der Waals surface area contributed by atoms with E-state index in [9.17, 15) is 4.39 Å². The van der Waals surface area contributed by atoms with Gasteiger partial charge in [0.05, 0.1) is 0 Å². The summed E-state index contributed by atoms with van der Waals surface area (Å²) in [4.78, 5) is 0. The molecule has 100 valence electrons. The van der Waals surface area contributed by atoms with E-state index in [1.165, 1.54) is 31.7 Å². The lowest BCUT2D eigenvalue weighted by Crippen LogP contribution is -2.29. The largest absolute Gasteiger partial charge is 0.324 e. The summed E-state index contributed by atoms with van der Waals surface area (Å²) in [6, 6.07) is 5.34. The van der Waals surface area contributed by atoms with Crippen molar-refractivity contribution in [1.82, 2.24) is 0 Å². The molecule has 0 aromatic heterocycles. The van der Waals surface area contributed by atoms with Crippen LogP contribution in [0.1, 0.15) is 56.7 Å². The second-order valence-corrected chi connectivity index (χ2v) is 6.54. The van der Waals surface area contributed by atoms with Crippen LogP contribution in [-0.2, 0) is 0 Å². The number of rotatable bonds is 2. The van der Waals surface area contributed by atoms with Crippen molar-refractivity contribution < 1.29 is 4.39 Å². The zero-order valence-corrected chi connectivity index (χ0v) is 11.7. The third-order valence-corrected chi connectivity index (χ3v) is 4.46. The van der Waals surface area contributed by atoms with Crippen LogP contribution in [0.4, 0.5) is 4.39 Å². The summed E-state index contributed by atoms with van der Waals surface area (Å²) in [6.07, 6.45) is 4.85. The van der Waals surface area contributed by atoms with Crippen LogP contribution in [0.25, 0.3) is 0 Å². The van der Waals surface area contributed by atoms with E-state index in [1.807, 2.05) is 12.1 Å². The molecule has 0 saturated heterocycles. The highest BCUT2D eigenvalue weighted by molar-refractivity contribution is 5.26. The zero-order valence-electron chi connectivity index (χ0n) is 11.7. The number of hydrogen-bond donors (Lipinski definition) is 1. The fourth-order valence-corrected chi connectivity index (χ4v) is 2.93. The zero-order chi connectivity index (χ0) is 13.3. The third kappa shape index (κ3) is 2.92. The Labute approximate surface area is 110 Å². The highest BCUT2D eigenvalue weighted by Crippen LogP contribution is 2.42. The van der Waals surface area contributed by atoms with Gasteiger partial charge in [0, 0.05) is 6.04 Å². The molecule has 1 fully saturated rings. The molecule has 1 aliphatic rings. The Hall–Kier alpha value is -0.890. The lowest BCUT2D eigenvalue weighted by Gasteiger charge is -2.37. The lowest BCUT2D eigenvalue weighted by molar-refractivity contribution is 0.173. The van der Waals surface area contributed by atoms with Crippen LogP contribution in [0, 0.1) is 24.1 Å². The number of hydrogen-bond acceptors (Lipinski definition) is 1. The van der Waals surface area contributed by atoms with E-state index >= 15 is 0 Å². The van der Waals surface area contributed by atoms with E-state index in [2.05, 4.69) is 13.8 Å². The quantitative estimate of drug-likeness (QED) is 0.828. The molecule has 2 N–H and O–H groups in total. The van der Waals surface area contributed by atoms with Gasteiger partial charge in [0.2, 0.25) is 0 Å². The molecule has 1 aliphatic carbocycles. The minimum atomic E-state index is -0.143. The Balaban J connectivity index is 2.07. The van der Waals surface area contributed by atoms with Crippen LogP contribution < -0.4 is 5.73 Å². The number of nitrogens with two attached hydrogens (primary N) is 1. The predicted molar refractivity (Wildman–Crippen MR) is 73.8 cm³/mol. The van der Waals surface area contributed by atoms with E-state index in [4.69, 9.17) is 5.73 Å². The monoisotopic (exact) mass is 249 g/mol. The van der Waals surface area contributed by atoms with Crippen molar-refractivity contribution in [2.75, 3.05) is 0 Å². The Kier molecular flexibility index (Phi) is 3.76.